The van der Waals surface area contributed by atoms with Crippen LogP contribution in [0, 0.1) is 10.1 Å². The number of hydrogen-bond acceptors (Lipinski definition) is 5. The summed E-state index contributed by atoms with van der Waals surface area (Å²) < 4.78 is 5.40. The Morgan fingerprint density at radius 2 is 1.88 bits per heavy atom. The molecular weight excluding hydrogens is 390 g/mol. The SMILES string of the molecule is NCCNC(=O)COc1ccc(-c2ccc([N+](=O)[O-])c(CBr)c2)cc1. The number of hydrogen-bond donors (Lipinski definition) is 2. The first kappa shape index (κ1) is 18.9. The van der Waals surface area contributed by atoms with Crippen LogP contribution in [0.25, 0.3) is 11.1 Å². The molecule has 8 heteroatoms. The van der Waals surface area contributed by atoms with Crippen molar-refractivity contribution in [1.29, 1.82) is 0 Å². The summed E-state index contributed by atoms with van der Waals surface area (Å²) in [6.45, 7) is 0.716. The van der Waals surface area contributed by atoms with Crippen LogP contribution in [0.1, 0.15) is 5.56 Å². The van der Waals surface area contributed by atoms with E-state index in [9.17, 15) is 14.9 Å². The van der Waals surface area contributed by atoms with Crippen LogP contribution in [-0.4, -0.2) is 30.5 Å². The van der Waals surface area contributed by atoms with Crippen molar-refractivity contribution in [2.75, 3.05) is 19.7 Å². The molecule has 25 heavy (non-hydrogen) atoms. The number of nitrogens with one attached hydrogen (secondary N) is 1. The van der Waals surface area contributed by atoms with Crippen LogP contribution in [0.15, 0.2) is 42.5 Å². The Morgan fingerprint density at radius 1 is 1.20 bits per heavy atom. The third-order valence-electron chi connectivity index (χ3n) is 3.44. The molecule has 0 saturated carbocycles. The van der Waals surface area contributed by atoms with Gasteiger partial charge in [-0.05, 0) is 35.4 Å². The van der Waals surface area contributed by atoms with Crippen molar-refractivity contribution >= 4 is 27.5 Å². The number of alkyl halides is 1. The minimum Gasteiger partial charge on any atom is -0.484 e. The molecule has 0 aromatic heterocycles. The average Bonchev–Trinajstić information content (AvgIpc) is 2.64. The Labute approximate surface area is 153 Å². The van der Waals surface area contributed by atoms with E-state index in [4.69, 9.17) is 10.5 Å². The Morgan fingerprint density at radius 3 is 2.48 bits per heavy atom. The Hall–Kier alpha value is -2.45. The molecule has 2 aromatic carbocycles. The predicted octanol–water partition coefficient (Wildman–Crippen LogP) is 2.61. The number of halogens is 1. The fourth-order valence-corrected chi connectivity index (χ4v) is 2.65. The molecule has 0 saturated heterocycles. The Balaban J connectivity index is 2.07. The first-order valence-corrected chi connectivity index (χ1v) is 8.70. The number of nitro benzene ring substituents is 1. The summed E-state index contributed by atoms with van der Waals surface area (Å²) in [4.78, 5) is 22.1. The maximum Gasteiger partial charge on any atom is 0.273 e. The van der Waals surface area contributed by atoms with Gasteiger partial charge in [-0.25, -0.2) is 0 Å². The van der Waals surface area contributed by atoms with E-state index in [1.807, 2.05) is 12.1 Å². The quantitative estimate of drug-likeness (QED) is 0.397. The van der Waals surface area contributed by atoms with Crippen LogP contribution in [0.2, 0.25) is 0 Å². The molecule has 0 spiro atoms. The molecule has 0 unspecified atom stereocenters. The molecule has 132 valence electrons. The summed E-state index contributed by atoms with van der Waals surface area (Å²) in [7, 11) is 0. The number of nitro groups is 1. The van der Waals surface area contributed by atoms with E-state index in [1.165, 1.54) is 6.07 Å². The van der Waals surface area contributed by atoms with Gasteiger partial charge in [-0.1, -0.05) is 28.1 Å². The van der Waals surface area contributed by atoms with Gasteiger partial charge in [0.25, 0.3) is 11.6 Å². The highest BCUT2D eigenvalue weighted by Gasteiger charge is 2.13. The lowest BCUT2D eigenvalue weighted by Gasteiger charge is -2.08. The molecule has 0 bridgehead atoms. The van der Waals surface area contributed by atoms with Crippen LogP contribution in [0.5, 0.6) is 5.75 Å². The molecule has 0 aliphatic heterocycles. The average molecular weight is 408 g/mol. The highest BCUT2D eigenvalue weighted by atomic mass is 79.9. The maximum absolute atomic E-state index is 11.5. The number of amides is 1. The molecule has 0 atom stereocenters. The number of carbonyl (C=O) groups excluding carboxylic acids is 1. The van der Waals surface area contributed by atoms with E-state index < -0.39 is 4.92 Å². The fraction of sp³-hybridized carbons (Fsp3) is 0.235. The van der Waals surface area contributed by atoms with E-state index in [0.29, 0.717) is 29.7 Å². The smallest absolute Gasteiger partial charge is 0.273 e. The lowest BCUT2D eigenvalue weighted by atomic mass is 10.0. The Kier molecular flexibility index (Phi) is 6.91. The molecule has 0 aliphatic rings. The second-order valence-corrected chi connectivity index (χ2v) is 5.75. The molecule has 3 N–H and O–H groups in total. The summed E-state index contributed by atoms with van der Waals surface area (Å²) in [5.74, 6) is 0.334. The summed E-state index contributed by atoms with van der Waals surface area (Å²) in [6, 6.07) is 12.2. The lowest BCUT2D eigenvalue weighted by Crippen LogP contribution is -2.32. The monoisotopic (exact) mass is 407 g/mol. The van der Waals surface area contributed by atoms with Crippen molar-refractivity contribution in [3.05, 3.63) is 58.1 Å². The van der Waals surface area contributed by atoms with E-state index in [-0.39, 0.29) is 18.2 Å². The van der Waals surface area contributed by atoms with Gasteiger partial charge in [0.1, 0.15) is 5.75 Å². The fourth-order valence-electron chi connectivity index (χ4n) is 2.21. The standard InChI is InChI=1S/C17H18BrN3O4/c18-10-14-9-13(3-6-16(14)21(23)24)12-1-4-15(5-2-12)25-11-17(22)20-8-7-19/h1-6,9H,7-8,10-11,19H2,(H,20,22). The highest BCUT2D eigenvalue weighted by molar-refractivity contribution is 9.08. The zero-order valence-electron chi connectivity index (χ0n) is 13.4. The number of nitrogens with two attached hydrogens (primary N) is 1. The molecule has 2 aromatic rings. The van der Waals surface area contributed by atoms with Gasteiger partial charge in [-0.2, -0.15) is 0 Å². The molecule has 0 fully saturated rings. The van der Waals surface area contributed by atoms with Crippen molar-refractivity contribution in [3.8, 4) is 16.9 Å². The van der Waals surface area contributed by atoms with Gasteiger partial charge in [0.15, 0.2) is 6.61 Å². The summed E-state index contributed by atoms with van der Waals surface area (Å²) in [5, 5.41) is 14.0. The second-order valence-electron chi connectivity index (χ2n) is 5.19. The van der Waals surface area contributed by atoms with Gasteiger partial charge in [0, 0.05) is 30.0 Å². The summed E-state index contributed by atoms with van der Waals surface area (Å²) >= 11 is 3.28. The van der Waals surface area contributed by atoms with Gasteiger partial charge in [0.05, 0.1) is 4.92 Å². The van der Waals surface area contributed by atoms with Crippen LogP contribution in [-0.2, 0) is 10.1 Å². The van der Waals surface area contributed by atoms with E-state index in [2.05, 4.69) is 21.2 Å². The molecule has 7 nitrogen and oxygen atoms in total. The van der Waals surface area contributed by atoms with Crippen molar-refractivity contribution in [3.63, 3.8) is 0 Å². The van der Waals surface area contributed by atoms with Gasteiger partial charge < -0.3 is 15.8 Å². The molecule has 0 aliphatic carbocycles. The van der Waals surface area contributed by atoms with Crippen molar-refractivity contribution < 1.29 is 14.5 Å². The molecule has 0 heterocycles. The highest BCUT2D eigenvalue weighted by Crippen LogP contribution is 2.29. The van der Waals surface area contributed by atoms with Crippen molar-refractivity contribution in [2.45, 2.75) is 5.33 Å². The zero-order valence-corrected chi connectivity index (χ0v) is 15.0. The molecule has 1 amide bonds. The minimum atomic E-state index is -0.396. The molecule has 0 radical (unpaired) electrons. The van der Waals surface area contributed by atoms with E-state index >= 15 is 0 Å². The van der Waals surface area contributed by atoms with Crippen LogP contribution < -0.4 is 15.8 Å². The normalized spacial score (nSPS) is 10.3. The largest absolute Gasteiger partial charge is 0.484 e. The lowest BCUT2D eigenvalue weighted by molar-refractivity contribution is -0.385. The number of rotatable bonds is 8. The van der Waals surface area contributed by atoms with Crippen LogP contribution in [0.3, 0.4) is 0 Å². The minimum absolute atomic E-state index is 0.0788. The van der Waals surface area contributed by atoms with Gasteiger partial charge in [0.2, 0.25) is 0 Å². The molecular formula is C17H18BrN3O4. The predicted molar refractivity (Wildman–Crippen MR) is 98.7 cm³/mol. The molecule has 2 rings (SSSR count). The van der Waals surface area contributed by atoms with Crippen molar-refractivity contribution in [1.82, 2.24) is 5.32 Å². The van der Waals surface area contributed by atoms with Gasteiger partial charge in [-0.3, -0.25) is 14.9 Å². The first-order valence-electron chi connectivity index (χ1n) is 7.58. The zero-order chi connectivity index (χ0) is 18.2. The van der Waals surface area contributed by atoms with Crippen LogP contribution >= 0.6 is 15.9 Å². The van der Waals surface area contributed by atoms with Gasteiger partial charge >= 0.3 is 0 Å². The van der Waals surface area contributed by atoms with Gasteiger partial charge in [-0.15, -0.1) is 0 Å². The third kappa shape index (κ3) is 5.27. The van der Waals surface area contributed by atoms with E-state index in [0.717, 1.165) is 11.1 Å². The number of benzene rings is 2. The number of carbonyl (C=O) groups is 1. The number of ether oxygens (including phenoxy) is 1. The van der Waals surface area contributed by atoms with Crippen molar-refractivity contribution in [2.24, 2.45) is 5.73 Å². The number of nitrogens with zero attached hydrogens (tertiary/aromatic N) is 1. The second kappa shape index (κ2) is 9.14. The summed E-state index contributed by atoms with van der Waals surface area (Å²) in [6.07, 6.45) is 0. The maximum atomic E-state index is 11.5. The third-order valence-corrected chi connectivity index (χ3v) is 4.05. The first-order chi connectivity index (χ1) is 12.0. The summed E-state index contributed by atoms with van der Waals surface area (Å²) in [5.41, 5.74) is 7.77. The van der Waals surface area contributed by atoms with Crippen LogP contribution in [0.4, 0.5) is 5.69 Å². The topological polar surface area (TPSA) is 107 Å². The van der Waals surface area contributed by atoms with E-state index in [1.54, 1.807) is 24.3 Å². The Bertz CT molecular complexity index is 750.